The molecule has 1 heterocycles. The molecular formula is C9H14N2O3S2. The number of nitrogens with two attached hydrogens (primary N) is 1. The van der Waals surface area contributed by atoms with E-state index in [4.69, 9.17) is 5.73 Å². The third-order valence-electron chi connectivity index (χ3n) is 1.93. The van der Waals surface area contributed by atoms with Crippen molar-refractivity contribution in [3.05, 3.63) is 16.8 Å². The van der Waals surface area contributed by atoms with Crippen molar-refractivity contribution >= 4 is 32.8 Å². The number of hydrogen-bond acceptors (Lipinski definition) is 5. The van der Waals surface area contributed by atoms with Gasteiger partial charge in [-0.05, 0) is 17.9 Å². The van der Waals surface area contributed by atoms with Crippen molar-refractivity contribution < 1.29 is 13.2 Å². The van der Waals surface area contributed by atoms with Crippen LogP contribution in [-0.2, 0) is 14.6 Å². The zero-order chi connectivity index (χ0) is 12.2. The second kappa shape index (κ2) is 5.42. The number of carbonyl (C=O) groups is 1. The van der Waals surface area contributed by atoms with Crippen molar-refractivity contribution in [1.82, 2.24) is 0 Å². The Bertz CT molecular complexity index is 439. The van der Waals surface area contributed by atoms with Crippen molar-refractivity contribution in [2.75, 3.05) is 17.3 Å². The van der Waals surface area contributed by atoms with Gasteiger partial charge in [0, 0.05) is 11.6 Å². The first-order valence-corrected chi connectivity index (χ1v) is 7.65. The second-order valence-corrected chi connectivity index (χ2v) is 6.57. The largest absolute Gasteiger partial charge is 0.324 e. The summed E-state index contributed by atoms with van der Waals surface area (Å²) in [6.07, 6.45) is 1.26. The van der Waals surface area contributed by atoms with Crippen LogP contribution in [0.3, 0.4) is 0 Å². The van der Waals surface area contributed by atoms with Crippen LogP contribution >= 0.6 is 11.3 Å². The topological polar surface area (TPSA) is 89.3 Å². The number of carbonyl (C=O) groups excluding carboxylic acids is 1. The molecule has 90 valence electrons. The van der Waals surface area contributed by atoms with Gasteiger partial charge in [-0.1, -0.05) is 0 Å². The average Bonchev–Trinajstić information content (AvgIpc) is 2.65. The van der Waals surface area contributed by atoms with Crippen molar-refractivity contribution in [1.29, 1.82) is 0 Å². The zero-order valence-electron chi connectivity index (χ0n) is 8.84. The number of hydrogen-bond donors (Lipinski definition) is 2. The number of thiophene rings is 1. The maximum absolute atomic E-state index is 11.5. The molecule has 1 aromatic rings. The average molecular weight is 262 g/mol. The minimum Gasteiger partial charge on any atom is -0.324 e. The summed E-state index contributed by atoms with van der Waals surface area (Å²) in [5, 5.41) is 6.22. The quantitative estimate of drug-likeness (QED) is 0.806. The molecule has 0 aliphatic rings. The van der Waals surface area contributed by atoms with E-state index in [2.05, 4.69) is 5.32 Å². The summed E-state index contributed by atoms with van der Waals surface area (Å²) in [5.74, 6) is -0.437. The number of sulfone groups is 1. The van der Waals surface area contributed by atoms with Gasteiger partial charge in [-0.2, -0.15) is 11.3 Å². The Balaban J connectivity index is 2.42. The Morgan fingerprint density at radius 2 is 2.31 bits per heavy atom. The first-order chi connectivity index (χ1) is 7.38. The highest BCUT2D eigenvalue weighted by Crippen LogP contribution is 2.12. The maximum Gasteiger partial charge on any atom is 0.241 e. The molecule has 0 bridgehead atoms. The molecule has 0 spiro atoms. The zero-order valence-corrected chi connectivity index (χ0v) is 10.5. The fourth-order valence-electron chi connectivity index (χ4n) is 1.04. The predicted molar refractivity (Wildman–Crippen MR) is 65.3 cm³/mol. The molecule has 5 nitrogen and oxygen atoms in total. The molecule has 0 saturated heterocycles. The van der Waals surface area contributed by atoms with Crippen LogP contribution in [0.5, 0.6) is 0 Å². The van der Waals surface area contributed by atoms with Gasteiger partial charge >= 0.3 is 0 Å². The molecule has 1 atom stereocenters. The van der Waals surface area contributed by atoms with E-state index in [1.54, 1.807) is 11.4 Å². The van der Waals surface area contributed by atoms with E-state index in [-0.39, 0.29) is 18.1 Å². The van der Waals surface area contributed by atoms with E-state index < -0.39 is 15.9 Å². The van der Waals surface area contributed by atoms with Crippen molar-refractivity contribution in [2.24, 2.45) is 5.73 Å². The van der Waals surface area contributed by atoms with Gasteiger partial charge in [0.2, 0.25) is 5.91 Å². The van der Waals surface area contributed by atoms with Crippen LogP contribution in [0, 0.1) is 0 Å². The van der Waals surface area contributed by atoms with E-state index in [0.717, 1.165) is 6.26 Å². The Hall–Kier alpha value is -0.920. The van der Waals surface area contributed by atoms with Gasteiger partial charge in [0.05, 0.1) is 17.5 Å². The smallest absolute Gasteiger partial charge is 0.241 e. The summed E-state index contributed by atoms with van der Waals surface area (Å²) in [5.41, 5.74) is 6.25. The summed E-state index contributed by atoms with van der Waals surface area (Å²) in [7, 11) is -3.07. The minimum atomic E-state index is -3.07. The molecule has 1 aromatic heterocycles. The standard InChI is InChI=1S/C9H14N2O3S2/c1-16(13,14)5-3-8(10)9(12)11-7-2-4-15-6-7/h2,4,6,8H,3,5,10H2,1H3,(H,11,12). The van der Waals surface area contributed by atoms with Gasteiger partial charge in [-0.3, -0.25) is 4.79 Å². The van der Waals surface area contributed by atoms with Crippen molar-refractivity contribution in [3.63, 3.8) is 0 Å². The van der Waals surface area contributed by atoms with Crippen LogP contribution in [0.25, 0.3) is 0 Å². The lowest BCUT2D eigenvalue weighted by Gasteiger charge is -2.10. The van der Waals surface area contributed by atoms with Crippen LogP contribution in [0.15, 0.2) is 16.8 Å². The highest BCUT2D eigenvalue weighted by molar-refractivity contribution is 7.90. The van der Waals surface area contributed by atoms with E-state index in [0.29, 0.717) is 5.69 Å². The van der Waals surface area contributed by atoms with E-state index in [1.165, 1.54) is 11.3 Å². The Labute approximate surface area is 98.6 Å². The SMILES string of the molecule is CS(=O)(=O)CCC(N)C(=O)Nc1ccsc1. The number of nitrogens with one attached hydrogen (secondary N) is 1. The fourth-order valence-corrected chi connectivity index (χ4v) is 2.31. The van der Waals surface area contributed by atoms with Crippen molar-refractivity contribution in [2.45, 2.75) is 12.5 Å². The third-order valence-corrected chi connectivity index (χ3v) is 3.59. The first-order valence-electron chi connectivity index (χ1n) is 4.65. The lowest BCUT2D eigenvalue weighted by Crippen LogP contribution is -2.36. The predicted octanol–water partition coefficient (Wildman–Crippen LogP) is 0.449. The molecular weight excluding hydrogens is 248 g/mol. The number of anilines is 1. The normalized spacial score (nSPS) is 13.4. The van der Waals surface area contributed by atoms with Gasteiger partial charge in [-0.25, -0.2) is 8.42 Å². The molecule has 0 aliphatic carbocycles. The van der Waals surface area contributed by atoms with Crippen molar-refractivity contribution in [3.8, 4) is 0 Å². The maximum atomic E-state index is 11.5. The van der Waals surface area contributed by atoms with E-state index >= 15 is 0 Å². The summed E-state index contributed by atoms with van der Waals surface area (Å²) in [4.78, 5) is 11.5. The lowest BCUT2D eigenvalue weighted by atomic mass is 10.2. The van der Waals surface area contributed by atoms with Crippen LogP contribution in [0.4, 0.5) is 5.69 Å². The lowest BCUT2D eigenvalue weighted by molar-refractivity contribution is -0.117. The van der Waals surface area contributed by atoms with Crippen LogP contribution in [0.2, 0.25) is 0 Å². The van der Waals surface area contributed by atoms with Gasteiger partial charge in [0.25, 0.3) is 0 Å². The molecule has 7 heteroatoms. The molecule has 1 unspecified atom stereocenters. The molecule has 0 fully saturated rings. The second-order valence-electron chi connectivity index (χ2n) is 3.53. The summed E-state index contributed by atoms with van der Waals surface area (Å²) >= 11 is 1.46. The Morgan fingerprint density at radius 3 is 2.81 bits per heavy atom. The summed E-state index contributed by atoms with van der Waals surface area (Å²) in [6.45, 7) is 0. The molecule has 0 aliphatic heterocycles. The molecule has 0 aromatic carbocycles. The molecule has 3 N–H and O–H groups in total. The summed E-state index contributed by atoms with van der Waals surface area (Å²) in [6, 6.07) is 0.959. The number of amides is 1. The summed E-state index contributed by atoms with van der Waals surface area (Å²) < 4.78 is 21.8. The van der Waals surface area contributed by atoms with Gasteiger partial charge in [0.15, 0.2) is 0 Å². The third kappa shape index (κ3) is 4.73. The number of rotatable bonds is 5. The van der Waals surface area contributed by atoms with Gasteiger partial charge < -0.3 is 11.1 Å². The molecule has 1 rings (SSSR count). The van der Waals surface area contributed by atoms with E-state index in [1.807, 2.05) is 5.38 Å². The molecule has 1 amide bonds. The molecule has 0 saturated carbocycles. The van der Waals surface area contributed by atoms with E-state index in [9.17, 15) is 13.2 Å². The molecule has 0 radical (unpaired) electrons. The first kappa shape index (κ1) is 13.1. The van der Waals surface area contributed by atoms with Gasteiger partial charge in [-0.15, -0.1) is 0 Å². The minimum absolute atomic E-state index is 0.0782. The van der Waals surface area contributed by atoms with Crippen LogP contribution in [0.1, 0.15) is 6.42 Å². The molecule has 16 heavy (non-hydrogen) atoms. The highest BCUT2D eigenvalue weighted by atomic mass is 32.2. The fraction of sp³-hybridized carbons (Fsp3) is 0.444. The highest BCUT2D eigenvalue weighted by Gasteiger charge is 2.15. The van der Waals surface area contributed by atoms with Gasteiger partial charge in [0.1, 0.15) is 9.84 Å². The Morgan fingerprint density at radius 1 is 1.62 bits per heavy atom. The van der Waals surface area contributed by atoms with Crippen LogP contribution < -0.4 is 11.1 Å². The monoisotopic (exact) mass is 262 g/mol. The Kier molecular flexibility index (Phi) is 4.45. The van der Waals surface area contributed by atoms with Crippen LogP contribution in [-0.4, -0.2) is 32.4 Å².